The van der Waals surface area contributed by atoms with Crippen LogP contribution in [-0.2, 0) is 4.79 Å². The summed E-state index contributed by atoms with van der Waals surface area (Å²) in [5.41, 5.74) is 1.37. The summed E-state index contributed by atoms with van der Waals surface area (Å²) in [5, 5.41) is 0.641. The quantitative estimate of drug-likeness (QED) is 0.703. The number of rotatable bonds is 3. The molecule has 0 unspecified atom stereocenters. The number of aliphatic imine (C=N–C) groups is 1. The highest BCUT2D eigenvalue weighted by atomic mass is 35.5. The van der Waals surface area contributed by atoms with Gasteiger partial charge in [0.25, 0.3) is 0 Å². The molecule has 3 rings (SSSR count). The molecule has 0 spiro atoms. The second-order valence-electron chi connectivity index (χ2n) is 4.44. The van der Waals surface area contributed by atoms with Crippen molar-refractivity contribution >= 4 is 50.7 Å². The third-order valence-corrected chi connectivity index (χ3v) is 5.05. The van der Waals surface area contributed by atoms with Gasteiger partial charge in [0.15, 0.2) is 0 Å². The van der Waals surface area contributed by atoms with Crippen molar-refractivity contribution in [3.63, 3.8) is 0 Å². The monoisotopic (exact) mass is 349 g/mol. The second kappa shape index (κ2) is 6.77. The van der Waals surface area contributed by atoms with Gasteiger partial charge in [0.05, 0.1) is 0 Å². The Morgan fingerprint density at radius 3 is 2.77 bits per heavy atom. The van der Waals surface area contributed by atoms with Crippen molar-refractivity contribution in [2.75, 3.05) is 5.75 Å². The molecule has 1 aliphatic rings. The number of hydrogen-bond donors (Lipinski definition) is 0. The zero-order valence-electron chi connectivity index (χ0n) is 11.7. The normalized spacial score (nSPS) is 16.4. The number of thioether (sulfide) groups is 2. The van der Waals surface area contributed by atoms with Crippen molar-refractivity contribution in [1.82, 2.24) is 0 Å². The molecule has 0 saturated heterocycles. The Hall–Kier alpha value is -1.43. The van der Waals surface area contributed by atoms with Gasteiger partial charge in [0.1, 0.15) is 21.6 Å². The Morgan fingerprint density at radius 1 is 1.27 bits per heavy atom. The largest absolute Gasteiger partial charge is 0.457 e. The van der Waals surface area contributed by atoms with Crippen molar-refractivity contribution in [2.24, 2.45) is 4.99 Å². The molecular formula is C16H12ClNO2S2. The summed E-state index contributed by atoms with van der Waals surface area (Å²) in [4.78, 5) is 16.2. The summed E-state index contributed by atoms with van der Waals surface area (Å²) in [6, 6.07) is 11.1. The molecule has 0 aliphatic carbocycles. The number of nitrogens with zero attached hydrogens (tertiary/aromatic N) is 1. The van der Waals surface area contributed by atoms with E-state index >= 15 is 0 Å². The molecule has 1 aromatic carbocycles. The molecule has 1 aromatic heterocycles. The highest BCUT2D eigenvalue weighted by molar-refractivity contribution is 8.45. The van der Waals surface area contributed by atoms with Crippen molar-refractivity contribution in [2.45, 2.75) is 6.92 Å². The number of furan rings is 1. The van der Waals surface area contributed by atoms with Gasteiger partial charge in [0, 0.05) is 16.7 Å². The van der Waals surface area contributed by atoms with E-state index in [0.29, 0.717) is 16.5 Å². The summed E-state index contributed by atoms with van der Waals surface area (Å²) in [6.45, 7) is 2.03. The molecule has 1 aliphatic heterocycles. The van der Waals surface area contributed by atoms with Crippen LogP contribution in [0.2, 0.25) is 5.02 Å². The number of carbonyl (C=O) groups excluding carboxylic acids is 1. The van der Waals surface area contributed by atoms with E-state index < -0.39 is 0 Å². The maximum absolute atomic E-state index is 11.9. The van der Waals surface area contributed by atoms with Gasteiger partial charge in [-0.25, -0.2) is 4.99 Å². The molecule has 0 atom stereocenters. The Balaban J connectivity index is 1.84. The van der Waals surface area contributed by atoms with Crippen LogP contribution in [0.15, 0.2) is 51.5 Å². The van der Waals surface area contributed by atoms with E-state index in [9.17, 15) is 4.79 Å². The molecule has 0 N–H and O–H groups in total. The van der Waals surface area contributed by atoms with Gasteiger partial charge in [0.2, 0.25) is 5.12 Å². The summed E-state index contributed by atoms with van der Waals surface area (Å²) < 4.78 is 6.55. The molecule has 0 radical (unpaired) electrons. The molecule has 22 heavy (non-hydrogen) atoms. The van der Waals surface area contributed by atoms with Crippen LogP contribution < -0.4 is 0 Å². The smallest absolute Gasteiger partial charge is 0.244 e. The standard InChI is InChI=1S/C16H12ClNO2S2/c1-2-21-16-18-13(15(19)22-16)9-12-7-8-14(20-12)10-3-5-11(17)6-4-10/h3-9H,2H2,1H3/b13-9-. The number of hydrogen-bond acceptors (Lipinski definition) is 5. The summed E-state index contributed by atoms with van der Waals surface area (Å²) in [7, 11) is 0. The Bertz CT molecular complexity index is 763. The van der Waals surface area contributed by atoms with Crippen LogP contribution in [-0.4, -0.2) is 15.2 Å². The molecule has 6 heteroatoms. The lowest BCUT2D eigenvalue weighted by atomic mass is 10.2. The van der Waals surface area contributed by atoms with Crippen molar-refractivity contribution < 1.29 is 9.21 Å². The van der Waals surface area contributed by atoms with Crippen LogP contribution in [0.5, 0.6) is 0 Å². The van der Waals surface area contributed by atoms with E-state index in [1.165, 1.54) is 11.8 Å². The average Bonchev–Trinajstić information content (AvgIpc) is 3.08. The van der Waals surface area contributed by atoms with Crippen molar-refractivity contribution in [3.8, 4) is 11.3 Å². The SMILES string of the molecule is CCSC1=N/C(=C\c2ccc(-c3ccc(Cl)cc3)o2)C(=O)S1. The zero-order chi connectivity index (χ0) is 15.5. The average molecular weight is 350 g/mol. The Labute approximate surface area is 141 Å². The molecule has 112 valence electrons. The lowest BCUT2D eigenvalue weighted by molar-refractivity contribution is -0.107. The van der Waals surface area contributed by atoms with E-state index in [1.54, 1.807) is 17.8 Å². The van der Waals surface area contributed by atoms with Crippen LogP contribution in [0.1, 0.15) is 12.7 Å². The third kappa shape index (κ3) is 3.48. The topological polar surface area (TPSA) is 42.6 Å². The minimum Gasteiger partial charge on any atom is -0.457 e. The van der Waals surface area contributed by atoms with Gasteiger partial charge in [-0.05, 0) is 53.9 Å². The van der Waals surface area contributed by atoms with Crippen LogP contribution in [0.4, 0.5) is 0 Å². The highest BCUT2D eigenvalue weighted by Crippen LogP contribution is 2.32. The van der Waals surface area contributed by atoms with Gasteiger partial charge < -0.3 is 4.42 Å². The second-order valence-corrected chi connectivity index (χ2v) is 7.35. The lowest BCUT2D eigenvalue weighted by Gasteiger charge is -1.96. The predicted octanol–water partition coefficient (Wildman–Crippen LogP) is 5.32. The van der Waals surface area contributed by atoms with E-state index in [-0.39, 0.29) is 5.12 Å². The van der Waals surface area contributed by atoms with E-state index in [4.69, 9.17) is 16.0 Å². The molecule has 0 saturated carbocycles. The third-order valence-electron chi connectivity index (χ3n) is 2.90. The molecule has 2 aromatic rings. The first-order valence-electron chi connectivity index (χ1n) is 6.67. The minimum absolute atomic E-state index is 0.0413. The van der Waals surface area contributed by atoms with E-state index in [2.05, 4.69) is 4.99 Å². The maximum Gasteiger partial charge on any atom is 0.244 e. The predicted molar refractivity (Wildman–Crippen MR) is 95.3 cm³/mol. The molecular weight excluding hydrogens is 338 g/mol. The van der Waals surface area contributed by atoms with Crippen LogP contribution in [0.3, 0.4) is 0 Å². The van der Waals surface area contributed by atoms with E-state index in [0.717, 1.165) is 21.5 Å². The zero-order valence-corrected chi connectivity index (χ0v) is 14.1. The van der Waals surface area contributed by atoms with Crippen LogP contribution >= 0.6 is 35.1 Å². The number of carbonyl (C=O) groups is 1. The summed E-state index contributed by atoms with van der Waals surface area (Å²) >= 11 is 8.62. The molecule has 2 heterocycles. The van der Waals surface area contributed by atoms with Crippen LogP contribution in [0.25, 0.3) is 17.4 Å². The molecule has 3 nitrogen and oxygen atoms in total. The first-order valence-corrected chi connectivity index (χ1v) is 8.85. The first-order chi connectivity index (χ1) is 10.7. The number of halogens is 1. The van der Waals surface area contributed by atoms with Crippen molar-refractivity contribution in [3.05, 3.63) is 52.9 Å². The summed E-state index contributed by atoms with van der Waals surface area (Å²) in [5.74, 6) is 2.24. The highest BCUT2D eigenvalue weighted by Gasteiger charge is 2.22. The molecule has 0 amide bonds. The van der Waals surface area contributed by atoms with Gasteiger partial charge in [-0.2, -0.15) is 0 Å². The molecule has 0 bridgehead atoms. The van der Waals surface area contributed by atoms with Crippen LogP contribution in [0, 0.1) is 0 Å². The summed E-state index contributed by atoms with van der Waals surface area (Å²) in [6.07, 6.45) is 1.68. The Morgan fingerprint density at radius 2 is 2.05 bits per heavy atom. The lowest BCUT2D eigenvalue weighted by Crippen LogP contribution is -1.87. The fourth-order valence-electron chi connectivity index (χ4n) is 1.91. The fourth-order valence-corrected chi connectivity index (χ4v) is 3.77. The Kier molecular flexibility index (Phi) is 4.76. The molecule has 0 fully saturated rings. The van der Waals surface area contributed by atoms with Gasteiger partial charge in [-0.3, -0.25) is 4.79 Å². The van der Waals surface area contributed by atoms with Gasteiger partial charge in [-0.1, -0.05) is 30.3 Å². The van der Waals surface area contributed by atoms with Gasteiger partial charge in [-0.15, -0.1) is 0 Å². The minimum atomic E-state index is -0.0413. The van der Waals surface area contributed by atoms with Gasteiger partial charge >= 0.3 is 0 Å². The first kappa shape index (κ1) is 15.5. The number of benzene rings is 1. The maximum atomic E-state index is 11.9. The van der Waals surface area contributed by atoms with Crippen molar-refractivity contribution in [1.29, 1.82) is 0 Å². The van der Waals surface area contributed by atoms with E-state index in [1.807, 2.05) is 43.3 Å². The fraction of sp³-hybridized carbons (Fsp3) is 0.125.